The molecule has 24 heavy (non-hydrogen) atoms. The van der Waals surface area contributed by atoms with E-state index in [0.717, 1.165) is 15.9 Å². The molecular weight excluding hydrogens is 333 g/mol. The maximum atomic E-state index is 13.6. The molecule has 0 saturated heterocycles. The van der Waals surface area contributed by atoms with Gasteiger partial charge in [-0.25, -0.2) is 12.8 Å². The number of rotatable bonds is 7. The Kier molecular flexibility index (Phi) is 5.53. The van der Waals surface area contributed by atoms with E-state index in [2.05, 4.69) is 0 Å². The van der Waals surface area contributed by atoms with Crippen LogP contribution in [0.3, 0.4) is 0 Å². The molecule has 0 heterocycles. The predicted octanol–water partition coefficient (Wildman–Crippen LogP) is 1.47. The monoisotopic (exact) mass is 351 g/mol. The molecule has 0 unspecified atom stereocenters. The van der Waals surface area contributed by atoms with Crippen molar-refractivity contribution in [2.75, 3.05) is 12.3 Å². The Morgan fingerprint density at radius 2 is 1.75 bits per heavy atom. The van der Waals surface area contributed by atoms with E-state index in [1.807, 2.05) is 0 Å². The quantitative estimate of drug-likeness (QED) is 0.737. The molecule has 0 aromatic heterocycles. The van der Waals surface area contributed by atoms with Crippen LogP contribution in [0.25, 0.3) is 0 Å². The normalized spacial score (nSPS) is 11.6. The topological polar surface area (TPSA) is 106 Å². The molecule has 2 aromatic carbocycles. The third kappa shape index (κ3) is 4.09. The molecule has 0 radical (unpaired) electrons. The summed E-state index contributed by atoms with van der Waals surface area (Å²) in [6.45, 7) is -0.102. The first-order valence-electron chi connectivity index (χ1n) is 7.18. The Labute approximate surface area is 139 Å². The highest BCUT2D eigenvalue weighted by atomic mass is 32.2. The molecule has 0 aliphatic heterocycles. The Morgan fingerprint density at radius 1 is 1.08 bits per heavy atom. The summed E-state index contributed by atoms with van der Waals surface area (Å²) in [5.74, 6) is -1.44. The van der Waals surface area contributed by atoms with E-state index in [0.29, 0.717) is 0 Å². The van der Waals surface area contributed by atoms with Crippen molar-refractivity contribution in [3.8, 4) is 0 Å². The first-order chi connectivity index (χ1) is 11.3. The van der Waals surface area contributed by atoms with Crippen LogP contribution in [0.15, 0.2) is 53.4 Å². The van der Waals surface area contributed by atoms with Crippen molar-refractivity contribution in [2.24, 2.45) is 5.73 Å². The van der Waals surface area contributed by atoms with Crippen molar-refractivity contribution >= 4 is 21.6 Å². The van der Waals surface area contributed by atoms with Gasteiger partial charge in [0.2, 0.25) is 15.9 Å². The third-order valence-electron chi connectivity index (χ3n) is 3.44. The molecule has 0 bridgehead atoms. The largest absolute Gasteiger partial charge is 0.395 e. The third-order valence-corrected chi connectivity index (χ3v) is 5.34. The second-order valence-electron chi connectivity index (χ2n) is 5.19. The summed E-state index contributed by atoms with van der Waals surface area (Å²) in [4.78, 5) is 10.7. The number of carbonyl (C=O) groups excluding carboxylic acids is 1. The standard InChI is InChI=1S/C16H18FN3O3S/c17-13-7-4-8-14(16(13)19)24(22,23)20(10-9-15(18)21)11-12-5-2-1-3-6-12/h1-8H,9-11,19H2,(H2,18,21). The van der Waals surface area contributed by atoms with Crippen molar-refractivity contribution in [3.63, 3.8) is 0 Å². The molecule has 0 spiro atoms. The Morgan fingerprint density at radius 3 is 2.38 bits per heavy atom. The van der Waals surface area contributed by atoms with Crippen molar-refractivity contribution in [3.05, 3.63) is 59.9 Å². The van der Waals surface area contributed by atoms with Crippen LogP contribution in [0.1, 0.15) is 12.0 Å². The predicted molar refractivity (Wildman–Crippen MR) is 88.7 cm³/mol. The summed E-state index contributed by atoms with van der Waals surface area (Å²) in [5, 5.41) is 0. The van der Waals surface area contributed by atoms with Crippen molar-refractivity contribution in [2.45, 2.75) is 17.9 Å². The van der Waals surface area contributed by atoms with Gasteiger partial charge in [0.25, 0.3) is 0 Å². The van der Waals surface area contributed by atoms with Gasteiger partial charge in [0.05, 0.1) is 5.69 Å². The highest BCUT2D eigenvalue weighted by molar-refractivity contribution is 7.89. The van der Waals surface area contributed by atoms with Crippen LogP contribution in [0.4, 0.5) is 10.1 Å². The van der Waals surface area contributed by atoms with Crippen LogP contribution in [0.5, 0.6) is 0 Å². The molecule has 2 aromatic rings. The lowest BCUT2D eigenvalue weighted by Crippen LogP contribution is -2.34. The minimum atomic E-state index is -4.09. The second-order valence-corrected chi connectivity index (χ2v) is 7.10. The molecule has 0 fully saturated rings. The van der Waals surface area contributed by atoms with Gasteiger partial charge in [0.15, 0.2) is 0 Å². The van der Waals surface area contributed by atoms with Crippen LogP contribution >= 0.6 is 0 Å². The zero-order valence-corrected chi connectivity index (χ0v) is 13.7. The van der Waals surface area contributed by atoms with E-state index in [4.69, 9.17) is 11.5 Å². The minimum absolute atomic E-state index is 0.0202. The van der Waals surface area contributed by atoms with Crippen LogP contribution in [-0.2, 0) is 21.4 Å². The fourth-order valence-corrected chi connectivity index (χ4v) is 3.74. The highest BCUT2D eigenvalue weighted by Crippen LogP contribution is 2.26. The number of carbonyl (C=O) groups is 1. The van der Waals surface area contributed by atoms with E-state index >= 15 is 0 Å². The number of nitrogens with two attached hydrogens (primary N) is 2. The molecule has 0 saturated carbocycles. The lowest BCUT2D eigenvalue weighted by Gasteiger charge is -2.22. The second kappa shape index (κ2) is 7.41. The summed E-state index contributed by atoms with van der Waals surface area (Å²) in [7, 11) is -4.09. The number of primary amides is 1. The van der Waals surface area contributed by atoms with Gasteiger partial charge >= 0.3 is 0 Å². The van der Waals surface area contributed by atoms with E-state index in [1.165, 1.54) is 12.1 Å². The number of hydrogen-bond donors (Lipinski definition) is 2. The Balaban J connectivity index is 2.40. The van der Waals surface area contributed by atoms with Crippen LogP contribution < -0.4 is 11.5 Å². The highest BCUT2D eigenvalue weighted by Gasteiger charge is 2.28. The number of halogens is 1. The van der Waals surface area contributed by atoms with Gasteiger partial charge in [-0.2, -0.15) is 4.31 Å². The molecule has 8 heteroatoms. The molecule has 2 rings (SSSR count). The molecule has 6 nitrogen and oxygen atoms in total. The minimum Gasteiger partial charge on any atom is -0.395 e. The fourth-order valence-electron chi connectivity index (χ4n) is 2.19. The molecule has 0 aliphatic carbocycles. The van der Waals surface area contributed by atoms with Gasteiger partial charge in [-0.15, -0.1) is 0 Å². The van der Waals surface area contributed by atoms with E-state index in [1.54, 1.807) is 30.3 Å². The van der Waals surface area contributed by atoms with Gasteiger partial charge in [0, 0.05) is 19.5 Å². The summed E-state index contributed by atoms with van der Waals surface area (Å²) < 4.78 is 40.4. The zero-order chi connectivity index (χ0) is 17.7. The summed E-state index contributed by atoms with van der Waals surface area (Å²) in [5.41, 5.74) is 11.0. The van der Waals surface area contributed by atoms with Gasteiger partial charge in [0.1, 0.15) is 10.7 Å². The number of benzene rings is 2. The first kappa shape index (κ1) is 17.9. The van der Waals surface area contributed by atoms with Crippen molar-refractivity contribution < 1.29 is 17.6 Å². The number of nitrogens with zero attached hydrogens (tertiary/aromatic N) is 1. The number of anilines is 1. The Bertz CT molecular complexity index is 826. The van der Waals surface area contributed by atoms with Crippen molar-refractivity contribution in [1.29, 1.82) is 0 Å². The average Bonchev–Trinajstić information content (AvgIpc) is 2.54. The van der Waals surface area contributed by atoms with Gasteiger partial charge in [-0.05, 0) is 17.7 Å². The van der Waals surface area contributed by atoms with E-state index in [-0.39, 0.29) is 24.4 Å². The number of hydrogen-bond acceptors (Lipinski definition) is 4. The number of sulfonamides is 1. The van der Waals surface area contributed by atoms with Crippen LogP contribution in [-0.4, -0.2) is 25.2 Å². The molecule has 0 atom stereocenters. The number of nitrogen functional groups attached to an aromatic ring is 1. The summed E-state index contributed by atoms with van der Waals surface area (Å²) in [6, 6.07) is 12.4. The first-order valence-corrected chi connectivity index (χ1v) is 8.62. The van der Waals surface area contributed by atoms with E-state index < -0.39 is 27.4 Å². The summed E-state index contributed by atoms with van der Waals surface area (Å²) >= 11 is 0. The maximum absolute atomic E-state index is 13.6. The SMILES string of the molecule is NC(=O)CCN(Cc1ccccc1)S(=O)(=O)c1cccc(F)c1N. The Hall–Kier alpha value is -2.45. The molecule has 1 amide bonds. The lowest BCUT2D eigenvalue weighted by atomic mass is 10.2. The van der Waals surface area contributed by atoms with Crippen LogP contribution in [0, 0.1) is 5.82 Å². The van der Waals surface area contributed by atoms with Gasteiger partial charge in [-0.1, -0.05) is 36.4 Å². The maximum Gasteiger partial charge on any atom is 0.245 e. The molecule has 0 aliphatic rings. The lowest BCUT2D eigenvalue weighted by molar-refractivity contribution is -0.118. The smallest absolute Gasteiger partial charge is 0.245 e. The van der Waals surface area contributed by atoms with E-state index in [9.17, 15) is 17.6 Å². The zero-order valence-electron chi connectivity index (χ0n) is 12.9. The number of amides is 1. The summed E-state index contributed by atoms with van der Waals surface area (Å²) in [6.07, 6.45) is -0.152. The average molecular weight is 351 g/mol. The van der Waals surface area contributed by atoms with Crippen LogP contribution in [0.2, 0.25) is 0 Å². The van der Waals surface area contributed by atoms with Gasteiger partial charge < -0.3 is 11.5 Å². The van der Waals surface area contributed by atoms with Crippen molar-refractivity contribution in [1.82, 2.24) is 4.31 Å². The molecule has 4 N–H and O–H groups in total. The fraction of sp³-hybridized carbons (Fsp3) is 0.188. The molecular formula is C16H18FN3O3S. The van der Waals surface area contributed by atoms with Gasteiger partial charge in [-0.3, -0.25) is 4.79 Å². The molecule has 128 valence electrons. The number of para-hydroxylation sites is 1.